The monoisotopic (exact) mass is 387 g/mol. The van der Waals surface area contributed by atoms with E-state index in [1.165, 1.54) is 22.7 Å². The van der Waals surface area contributed by atoms with Gasteiger partial charge in [-0.2, -0.15) is 0 Å². The van der Waals surface area contributed by atoms with E-state index in [-0.39, 0.29) is 11.6 Å². The summed E-state index contributed by atoms with van der Waals surface area (Å²) in [6.45, 7) is 5.42. The van der Waals surface area contributed by atoms with E-state index in [4.69, 9.17) is 0 Å². The number of likely N-dealkylation sites (N-methyl/N-ethyl adjacent to an activating group) is 1. The third kappa shape index (κ3) is 5.06. The number of rotatable bonds is 5. The van der Waals surface area contributed by atoms with Crippen LogP contribution in [0.2, 0.25) is 0 Å². The topological polar surface area (TPSA) is 79.9 Å². The van der Waals surface area contributed by atoms with Crippen molar-refractivity contribution in [1.82, 2.24) is 10.4 Å². The van der Waals surface area contributed by atoms with Crippen molar-refractivity contribution in [2.24, 2.45) is 0 Å². The first kappa shape index (κ1) is 19.3. The molecule has 0 saturated carbocycles. The van der Waals surface area contributed by atoms with Gasteiger partial charge in [-0.15, -0.1) is 0 Å². The number of aryl methyl sites for hydroxylation is 1. The van der Waals surface area contributed by atoms with Gasteiger partial charge in [0.2, 0.25) is 0 Å². The summed E-state index contributed by atoms with van der Waals surface area (Å²) in [5.41, 5.74) is 4.21. The predicted molar refractivity (Wildman–Crippen MR) is 104 cm³/mol. The molecule has 0 atom stereocenters. The molecule has 8 heteroatoms. The summed E-state index contributed by atoms with van der Waals surface area (Å²) in [4.78, 5) is 26.4. The molecule has 1 amide bonds. The first-order chi connectivity index (χ1) is 12.9. The predicted octanol–water partition coefficient (Wildman–Crippen LogP) is 1.53. The van der Waals surface area contributed by atoms with Crippen LogP contribution in [-0.4, -0.2) is 49.1 Å². The molecule has 7 nitrogen and oxygen atoms in total. The lowest BCUT2D eigenvalue weighted by atomic mass is 10.2. The Morgan fingerprint density at radius 2 is 1.85 bits per heavy atom. The lowest BCUT2D eigenvalue weighted by molar-refractivity contribution is -0.884. The van der Waals surface area contributed by atoms with Gasteiger partial charge in [0, 0.05) is 16.5 Å². The number of hydrogen-bond acceptors (Lipinski definition) is 5. The van der Waals surface area contributed by atoms with Crippen LogP contribution in [0.1, 0.15) is 15.9 Å². The van der Waals surface area contributed by atoms with Gasteiger partial charge in [0.15, 0.2) is 0 Å². The van der Waals surface area contributed by atoms with Crippen molar-refractivity contribution < 1.29 is 14.6 Å². The average Bonchev–Trinajstić information content (AvgIpc) is 2.65. The average molecular weight is 387 g/mol. The van der Waals surface area contributed by atoms with Crippen molar-refractivity contribution in [2.45, 2.75) is 16.7 Å². The van der Waals surface area contributed by atoms with Crippen molar-refractivity contribution >= 4 is 23.4 Å². The molecule has 1 aliphatic rings. The van der Waals surface area contributed by atoms with Crippen LogP contribution in [0.5, 0.6) is 0 Å². The maximum Gasteiger partial charge on any atom is 0.284 e. The molecule has 3 rings (SSSR count). The second kappa shape index (κ2) is 8.51. The van der Waals surface area contributed by atoms with Crippen molar-refractivity contribution in [3.63, 3.8) is 0 Å². The zero-order chi connectivity index (χ0) is 19.4. The minimum atomic E-state index is -0.438. The van der Waals surface area contributed by atoms with E-state index in [2.05, 4.69) is 12.5 Å². The Kier molecular flexibility index (Phi) is 6.10. The summed E-state index contributed by atoms with van der Waals surface area (Å²) in [7, 11) is 2.12. The van der Waals surface area contributed by atoms with Crippen molar-refractivity contribution in [3.05, 3.63) is 63.7 Å². The van der Waals surface area contributed by atoms with E-state index in [1.807, 2.05) is 36.2 Å². The first-order valence-corrected chi connectivity index (χ1v) is 9.64. The van der Waals surface area contributed by atoms with Gasteiger partial charge >= 0.3 is 0 Å². The maximum absolute atomic E-state index is 12.5. The second-order valence-corrected chi connectivity index (χ2v) is 7.86. The second-order valence-electron chi connectivity index (χ2n) is 6.74. The number of hydrazine groups is 1. The highest BCUT2D eigenvalue weighted by molar-refractivity contribution is 7.99. The number of hydrogen-bond donors (Lipinski definition) is 2. The normalized spacial score (nSPS) is 15.5. The minimum absolute atomic E-state index is 0.0592. The zero-order valence-electron chi connectivity index (χ0n) is 15.4. The molecule has 2 N–H and O–H groups in total. The van der Waals surface area contributed by atoms with Crippen LogP contribution in [0, 0.1) is 17.0 Å². The Balaban J connectivity index is 1.75. The van der Waals surface area contributed by atoms with Crippen molar-refractivity contribution in [1.29, 1.82) is 0 Å². The molecule has 1 fully saturated rings. The van der Waals surface area contributed by atoms with Crippen LogP contribution in [0.4, 0.5) is 5.69 Å². The van der Waals surface area contributed by atoms with E-state index in [0.717, 1.165) is 36.6 Å². The molecule has 27 heavy (non-hydrogen) atoms. The molecule has 2 aromatic rings. The van der Waals surface area contributed by atoms with Crippen molar-refractivity contribution in [2.75, 3.05) is 33.2 Å². The summed E-state index contributed by atoms with van der Waals surface area (Å²) < 4.78 is 0. The highest BCUT2D eigenvalue weighted by atomic mass is 32.2. The standard InChI is InChI=1S/C19H22N4O3S/c1-14-3-6-16(7-4-14)27-18-8-5-15(13-17(18)23(25)26)19(24)20-22-11-9-21(2)10-12-22/h3-8,13H,9-12H2,1-2H3,(H,20,24)/p+1. The Labute approximate surface area is 162 Å². The smallest absolute Gasteiger partial charge is 0.284 e. The van der Waals surface area contributed by atoms with Gasteiger partial charge in [-0.05, 0) is 31.2 Å². The number of amides is 1. The summed E-state index contributed by atoms with van der Waals surface area (Å²) >= 11 is 1.32. The van der Waals surface area contributed by atoms with E-state index in [0.29, 0.717) is 10.5 Å². The molecule has 0 aromatic heterocycles. The number of benzene rings is 2. The number of nitrogens with one attached hydrogen (secondary N) is 2. The summed E-state index contributed by atoms with van der Waals surface area (Å²) in [5, 5.41) is 13.4. The lowest BCUT2D eigenvalue weighted by Crippen LogP contribution is -3.12. The fraction of sp³-hybridized carbons (Fsp3) is 0.316. The Bertz CT molecular complexity index is 833. The number of nitrogens with zero attached hydrogens (tertiary/aromatic N) is 2. The van der Waals surface area contributed by atoms with E-state index in [9.17, 15) is 14.9 Å². The third-order valence-corrected chi connectivity index (χ3v) is 5.62. The molecule has 1 heterocycles. The van der Waals surface area contributed by atoms with Crippen LogP contribution >= 0.6 is 11.8 Å². The van der Waals surface area contributed by atoms with Gasteiger partial charge in [0.05, 0.1) is 43.0 Å². The molecular formula is C19H23N4O3S+. The van der Waals surface area contributed by atoms with Crippen LogP contribution in [0.25, 0.3) is 0 Å². The Hall–Kier alpha value is -2.42. The highest BCUT2D eigenvalue weighted by Gasteiger charge is 2.22. The molecule has 0 unspecified atom stereocenters. The molecule has 0 spiro atoms. The molecule has 0 radical (unpaired) electrons. The molecule has 0 bridgehead atoms. The first-order valence-electron chi connectivity index (χ1n) is 8.82. The molecule has 1 saturated heterocycles. The fourth-order valence-corrected chi connectivity index (χ4v) is 3.73. The van der Waals surface area contributed by atoms with Crippen LogP contribution in [0.15, 0.2) is 52.3 Å². The van der Waals surface area contributed by atoms with Gasteiger partial charge in [0.25, 0.3) is 11.6 Å². The van der Waals surface area contributed by atoms with E-state index < -0.39 is 4.92 Å². The molecule has 142 valence electrons. The number of piperazine rings is 1. The SMILES string of the molecule is Cc1ccc(Sc2ccc(C(=O)NN3CC[NH+](C)CC3)cc2[N+](=O)[O-])cc1. The number of carbonyl (C=O) groups excluding carboxylic acids is 1. The maximum atomic E-state index is 12.5. The molecule has 1 aliphatic heterocycles. The van der Waals surface area contributed by atoms with Gasteiger partial charge in [-0.3, -0.25) is 20.3 Å². The lowest BCUT2D eigenvalue weighted by Gasteiger charge is -2.30. The summed E-state index contributed by atoms with van der Waals surface area (Å²) in [5.74, 6) is -0.315. The highest BCUT2D eigenvalue weighted by Crippen LogP contribution is 2.35. The van der Waals surface area contributed by atoms with Crippen LogP contribution in [-0.2, 0) is 0 Å². The van der Waals surface area contributed by atoms with E-state index in [1.54, 1.807) is 12.1 Å². The van der Waals surface area contributed by atoms with Gasteiger partial charge in [0.1, 0.15) is 0 Å². The molecule has 0 aliphatic carbocycles. The Morgan fingerprint density at radius 3 is 2.48 bits per heavy atom. The molecule has 2 aromatic carbocycles. The zero-order valence-corrected chi connectivity index (χ0v) is 16.2. The number of nitro benzene ring substituents is 1. The molecular weight excluding hydrogens is 364 g/mol. The van der Waals surface area contributed by atoms with Gasteiger partial charge in [-0.1, -0.05) is 29.5 Å². The Morgan fingerprint density at radius 1 is 1.19 bits per heavy atom. The fourth-order valence-electron chi connectivity index (χ4n) is 2.83. The van der Waals surface area contributed by atoms with Crippen LogP contribution < -0.4 is 10.3 Å². The van der Waals surface area contributed by atoms with Crippen LogP contribution in [0.3, 0.4) is 0 Å². The summed E-state index contributed by atoms with van der Waals surface area (Å²) in [6.07, 6.45) is 0. The summed E-state index contributed by atoms with van der Waals surface area (Å²) in [6, 6.07) is 12.4. The number of nitro groups is 1. The number of carbonyl (C=O) groups is 1. The van der Waals surface area contributed by atoms with Gasteiger partial charge < -0.3 is 4.90 Å². The van der Waals surface area contributed by atoms with Gasteiger partial charge in [-0.25, -0.2) is 5.01 Å². The minimum Gasteiger partial charge on any atom is -0.335 e. The third-order valence-electron chi connectivity index (χ3n) is 4.54. The van der Waals surface area contributed by atoms with E-state index >= 15 is 0 Å². The largest absolute Gasteiger partial charge is 0.335 e. The van der Waals surface area contributed by atoms with Crippen molar-refractivity contribution in [3.8, 4) is 0 Å². The quantitative estimate of drug-likeness (QED) is 0.601. The number of quaternary nitrogens is 1.